The van der Waals surface area contributed by atoms with Gasteiger partial charge in [0.05, 0.1) is 28.2 Å². The second-order valence-electron chi connectivity index (χ2n) is 7.02. The lowest BCUT2D eigenvalue weighted by atomic mass is 9.95. The first-order valence-corrected chi connectivity index (χ1v) is 10.9. The highest BCUT2D eigenvalue weighted by atomic mass is 79.9. The van der Waals surface area contributed by atoms with Crippen LogP contribution >= 0.6 is 27.3 Å². The van der Waals surface area contributed by atoms with Gasteiger partial charge in [0.25, 0.3) is 0 Å². The molecule has 1 aromatic carbocycles. The molecule has 0 radical (unpaired) electrons. The Morgan fingerprint density at radius 1 is 1.27 bits per heavy atom. The first-order valence-electron chi connectivity index (χ1n) is 9.28. The third-order valence-electron chi connectivity index (χ3n) is 4.95. The summed E-state index contributed by atoms with van der Waals surface area (Å²) in [6, 6.07) is 10.2. The second kappa shape index (κ2) is 8.12. The lowest BCUT2D eigenvalue weighted by molar-refractivity contribution is -0.378. The fourth-order valence-corrected chi connectivity index (χ4v) is 4.75. The van der Waals surface area contributed by atoms with Crippen molar-refractivity contribution < 1.29 is 19.7 Å². The number of ketones is 1. The minimum Gasteiger partial charge on any atom is -0.868 e. The summed E-state index contributed by atoms with van der Waals surface area (Å²) >= 11 is 4.65. The van der Waals surface area contributed by atoms with Crippen molar-refractivity contribution in [3.8, 4) is 0 Å². The number of aromatic nitrogens is 2. The van der Waals surface area contributed by atoms with Crippen LogP contribution in [0.4, 0.5) is 0 Å². The number of halogens is 1. The number of aromatic amines is 1. The predicted octanol–water partition coefficient (Wildman–Crippen LogP) is 2.92. The van der Waals surface area contributed by atoms with Gasteiger partial charge in [-0.25, -0.2) is 9.97 Å². The topological polar surface area (TPSA) is 87.5 Å². The van der Waals surface area contributed by atoms with Gasteiger partial charge in [-0.05, 0) is 43.4 Å². The number of rotatable bonds is 5. The molecule has 1 N–H and O–H groups in total. The SMILES string of the molecule is Cc1nc(C)c(C(=O)C2=C([O-])C(=O)N(Cc3ccc[nH+]c3)C2c2ccc(Br)cc2)s1. The number of pyridine rings is 1. The number of nitrogens with one attached hydrogen (secondary N) is 1. The minimum atomic E-state index is -0.757. The predicted molar refractivity (Wildman–Crippen MR) is 113 cm³/mol. The van der Waals surface area contributed by atoms with Crippen molar-refractivity contribution in [1.29, 1.82) is 0 Å². The van der Waals surface area contributed by atoms with Crippen LogP contribution in [0.25, 0.3) is 0 Å². The Morgan fingerprint density at radius 3 is 2.60 bits per heavy atom. The highest BCUT2D eigenvalue weighted by Gasteiger charge is 2.40. The van der Waals surface area contributed by atoms with Crippen LogP contribution in [-0.2, 0) is 11.3 Å². The van der Waals surface area contributed by atoms with E-state index in [0.717, 1.165) is 15.0 Å². The number of carbonyl (C=O) groups excluding carboxylic acids is 2. The molecule has 0 fully saturated rings. The summed E-state index contributed by atoms with van der Waals surface area (Å²) in [4.78, 5) is 35.5. The van der Waals surface area contributed by atoms with E-state index in [1.165, 1.54) is 16.2 Å². The second-order valence-corrected chi connectivity index (χ2v) is 9.14. The third kappa shape index (κ3) is 3.68. The number of thiazole rings is 1. The zero-order valence-electron chi connectivity index (χ0n) is 16.3. The van der Waals surface area contributed by atoms with E-state index < -0.39 is 23.5 Å². The van der Waals surface area contributed by atoms with Gasteiger partial charge in [-0.2, -0.15) is 0 Å². The summed E-state index contributed by atoms with van der Waals surface area (Å²) in [7, 11) is 0. The molecule has 1 aliphatic rings. The van der Waals surface area contributed by atoms with Crippen molar-refractivity contribution in [2.75, 3.05) is 0 Å². The average Bonchev–Trinajstić information content (AvgIpc) is 3.20. The van der Waals surface area contributed by atoms with E-state index in [0.29, 0.717) is 16.1 Å². The molecule has 4 rings (SSSR count). The summed E-state index contributed by atoms with van der Waals surface area (Å²) in [5, 5.41) is 13.7. The maximum absolute atomic E-state index is 13.4. The van der Waals surface area contributed by atoms with E-state index in [2.05, 4.69) is 25.9 Å². The molecule has 152 valence electrons. The Hall–Kier alpha value is -2.84. The van der Waals surface area contributed by atoms with Gasteiger partial charge in [0.15, 0.2) is 12.4 Å². The van der Waals surface area contributed by atoms with Gasteiger partial charge < -0.3 is 10.0 Å². The van der Waals surface area contributed by atoms with Crippen LogP contribution in [0.1, 0.15) is 37.5 Å². The Morgan fingerprint density at radius 2 is 2.00 bits per heavy atom. The van der Waals surface area contributed by atoms with E-state index in [1.54, 1.807) is 19.3 Å². The minimum absolute atomic E-state index is 0.0195. The summed E-state index contributed by atoms with van der Waals surface area (Å²) in [6.45, 7) is 3.76. The first kappa shape index (κ1) is 20.4. The molecule has 0 bridgehead atoms. The van der Waals surface area contributed by atoms with Crippen molar-refractivity contribution >= 4 is 39.0 Å². The van der Waals surface area contributed by atoms with Crippen LogP contribution in [0.5, 0.6) is 0 Å². The number of carbonyl (C=O) groups is 2. The van der Waals surface area contributed by atoms with Crippen LogP contribution in [0.15, 0.2) is 64.6 Å². The summed E-state index contributed by atoms with van der Waals surface area (Å²) in [6.07, 6.45) is 3.54. The summed E-state index contributed by atoms with van der Waals surface area (Å²) < 4.78 is 0.868. The summed E-state index contributed by atoms with van der Waals surface area (Å²) in [5.74, 6) is -1.85. The van der Waals surface area contributed by atoms with Crippen molar-refractivity contribution in [3.63, 3.8) is 0 Å². The van der Waals surface area contributed by atoms with Gasteiger partial charge in [0.2, 0.25) is 11.7 Å². The van der Waals surface area contributed by atoms with Crippen molar-refractivity contribution in [3.05, 3.63) is 91.3 Å². The molecule has 30 heavy (non-hydrogen) atoms. The number of aryl methyl sites for hydroxylation is 2. The maximum atomic E-state index is 13.4. The Balaban J connectivity index is 1.81. The van der Waals surface area contributed by atoms with Crippen LogP contribution < -0.4 is 10.1 Å². The normalized spacial score (nSPS) is 16.4. The molecular weight excluding hydrogens is 466 g/mol. The smallest absolute Gasteiger partial charge is 0.240 e. The van der Waals surface area contributed by atoms with Gasteiger partial charge in [-0.15, -0.1) is 11.3 Å². The highest BCUT2D eigenvalue weighted by molar-refractivity contribution is 9.10. The van der Waals surface area contributed by atoms with Crippen LogP contribution in [0.3, 0.4) is 0 Å². The molecule has 0 saturated carbocycles. The molecule has 0 saturated heterocycles. The van der Waals surface area contributed by atoms with Gasteiger partial charge >= 0.3 is 0 Å². The number of hydrogen-bond donors (Lipinski definition) is 0. The number of H-pyrrole nitrogens is 1. The molecule has 0 aliphatic carbocycles. The Bertz CT molecular complexity index is 1160. The van der Waals surface area contributed by atoms with Crippen LogP contribution in [-0.4, -0.2) is 21.6 Å². The van der Waals surface area contributed by atoms with Gasteiger partial charge in [0, 0.05) is 21.7 Å². The van der Waals surface area contributed by atoms with Crippen molar-refractivity contribution in [1.82, 2.24) is 9.88 Å². The van der Waals surface area contributed by atoms with Crippen molar-refractivity contribution in [2.24, 2.45) is 0 Å². The van der Waals surface area contributed by atoms with E-state index in [1.807, 2.05) is 43.3 Å². The molecule has 6 nitrogen and oxygen atoms in total. The Labute approximate surface area is 186 Å². The molecule has 3 aromatic rings. The largest absolute Gasteiger partial charge is 0.868 e. The average molecular weight is 484 g/mol. The quantitative estimate of drug-likeness (QED) is 0.521. The van der Waals surface area contributed by atoms with E-state index in [-0.39, 0.29) is 12.1 Å². The Kier molecular flexibility index (Phi) is 5.53. The molecule has 1 atom stereocenters. The summed E-state index contributed by atoms with van der Waals surface area (Å²) in [5.41, 5.74) is 2.09. The van der Waals surface area contributed by atoms with Crippen molar-refractivity contribution in [2.45, 2.75) is 26.4 Å². The van der Waals surface area contributed by atoms with Gasteiger partial charge in [-0.1, -0.05) is 28.1 Å². The molecule has 1 amide bonds. The van der Waals surface area contributed by atoms with Gasteiger partial charge in [-0.3, -0.25) is 9.59 Å². The van der Waals surface area contributed by atoms with Crippen LogP contribution in [0, 0.1) is 13.8 Å². The zero-order chi connectivity index (χ0) is 21.4. The fraction of sp³-hybridized carbons (Fsp3) is 0.182. The molecule has 8 heteroatoms. The molecule has 1 unspecified atom stereocenters. The van der Waals surface area contributed by atoms with Gasteiger partial charge in [0.1, 0.15) is 0 Å². The third-order valence-corrected chi connectivity index (χ3v) is 6.55. The number of Topliss-reactive ketones (excluding diaryl/α,β-unsaturated/α-hetero) is 1. The lowest BCUT2D eigenvalue weighted by Crippen LogP contribution is -2.32. The maximum Gasteiger partial charge on any atom is 0.240 e. The van der Waals surface area contributed by atoms with Crippen LogP contribution in [0.2, 0.25) is 0 Å². The number of amides is 1. The fourth-order valence-electron chi connectivity index (χ4n) is 3.61. The van der Waals surface area contributed by atoms with E-state index in [4.69, 9.17) is 0 Å². The molecular formula is C22H18BrN3O3S. The highest BCUT2D eigenvalue weighted by Crippen LogP contribution is 2.40. The first-order chi connectivity index (χ1) is 14.4. The molecule has 0 spiro atoms. The number of hydrogen-bond acceptors (Lipinski definition) is 5. The molecule has 2 aromatic heterocycles. The number of benzene rings is 1. The number of nitrogens with zero attached hydrogens (tertiary/aromatic N) is 2. The lowest BCUT2D eigenvalue weighted by Gasteiger charge is -2.27. The molecule has 3 heterocycles. The monoisotopic (exact) mass is 483 g/mol. The molecule has 1 aliphatic heterocycles. The zero-order valence-corrected chi connectivity index (χ0v) is 18.7. The van der Waals surface area contributed by atoms with E-state index in [9.17, 15) is 14.7 Å². The standard InChI is InChI=1S/C22H18BrN3O3S/c1-12-21(30-13(2)25-12)19(27)17-18(15-5-7-16(23)8-6-15)26(22(29)20(17)28)11-14-4-3-9-24-10-14/h3-10,18,28H,11H2,1-2H3. The van der Waals surface area contributed by atoms with E-state index >= 15 is 0 Å².